The summed E-state index contributed by atoms with van der Waals surface area (Å²) >= 11 is 3.10. The Morgan fingerprint density at radius 3 is 2.71 bits per heavy atom. The number of benzene rings is 2. The maximum atomic E-state index is 10.8. The largest absolute Gasteiger partial charge is 0.477 e. The van der Waals surface area contributed by atoms with E-state index >= 15 is 0 Å². The highest BCUT2D eigenvalue weighted by Crippen LogP contribution is 2.30. The van der Waals surface area contributed by atoms with Gasteiger partial charge in [-0.2, -0.15) is 4.57 Å². The minimum Gasteiger partial charge on any atom is -0.477 e. The second kappa shape index (κ2) is 8.13. The Hall–Kier alpha value is -3.23. The molecule has 5 rings (SSSR count). The maximum absolute atomic E-state index is 10.8. The first-order valence-corrected chi connectivity index (χ1v) is 11.7. The summed E-state index contributed by atoms with van der Waals surface area (Å²) in [5.41, 5.74) is 2.73. The van der Waals surface area contributed by atoms with E-state index in [2.05, 4.69) is 28.6 Å². The topological polar surface area (TPSA) is 67.4 Å². The van der Waals surface area contributed by atoms with Crippen molar-refractivity contribution >= 4 is 61.3 Å². The van der Waals surface area contributed by atoms with E-state index in [-0.39, 0.29) is 5.88 Å². The average molecular weight is 450 g/mol. The number of hydrogen-bond donors (Lipinski definition) is 1. The van der Waals surface area contributed by atoms with Crippen LogP contribution < -0.4 is 9.37 Å². The van der Waals surface area contributed by atoms with Gasteiger partial charge in [-0.15, -0.1) is 0 Å². The van der Waals surface area contributed by atoms with Gasteiger partial charge in [0, 0.05) is 17.6 Å². The van der Waals surface area contributed by atoms with Crippen molar-refractivity contribution in [3.63, 3.8) is 0 Å². The molecule has 3 heterocycles. The molecular formula is C23H21N4O2S2+. The van der Waals surface area contributed by atoms with Crippen molar-refractivity contribution in [3.05, 3.63) is 64.1 Å². The zero-order valence-electron chi connectivity index (χ0n) is 17.1. The first-order chi connectivity index (χ1) is 15.2. The molecule has 3 aromatic heterocycles. The van der Waals surface area contributed by atoms with Crippen LogP contribution in [0.3, 0.4) is 0 Å². The molecule has 5 aromatic rings. The zero-order valence-corrected chi connectivity index (χ0v) is 18.8. The normalized spacial score (nSPS) is 12.6. The summed E-state index contributed by atoms with van der Waals surface area (Å²) in [5, 5.41) is 11.5. The summed E-state index contributed by atoms with van der Waals surface area (Å²) in [6.07, 6.45) is 3.61. The predicted molar refractivity (Wildman–Crippen MR) is 126 cm³/mol. The summed E-state index contributed by atoms with van der Waals surface area (Å²) in [6.45, 7) is 5.57. The monoisotopic (exact) mass is 449 g/mol. The second-order valence-corrected chi connectivity index (χ2v) is 8.90. The third-order valence-corrected chi connectivity index (χ3v) is 7.10. The SMILES string of the molecule is CCn1c(=Nc2sc(C=Cc3nc4ccccc4o3)c(O)[n+]2CC)sc2ccccc21. The van der Waals surface area contributed by atoms with Gasteiger partial charge < -0.3 is 9.52 Å². The lowest BCUT2D eigenvalue weighted by Gasteiger charge is -1.96. The van der Waals surface area contributed by atoms with Gasteiger partial charge in [0.25, 0.3) is 0 Å². The molecule has 0 saturated carbocycles. The van der Waals surface area contributed by atoms with Gasteiger partial charge in [-0.05, 0) is 55.5 Å². The third kappa shape index (κ3) is 3.58. The molecule has 8 heteroatoms. The number of aromatic nitrogens is 3. The summed E-state index contributed by atoms with van der Waals surface area (Å²) in [4.78, 5) is 11.0. The van der Waals surface area contributed by atoms with Crippen LogP contribution in [0.1, 0.15) is 24.6 Å². The molecule has 1 N–H and O–H groups in total. The summed E-state index contributed by atoms with van der Waals surface area (Å²) in [5.74, 6) is 0.701. The van der Waals surface area contributed by atoms with Crippen LogP contribution in [0.15, 0.2) is 57.9 Å². The van der Waals surface area contributed by atoms with Gasteiger partial charge in [0.1, 0.15) is 10.4 Å². The molecule has 0 aliphatic rings. The summed E-state index contributed by atoms with van der Waals surface area (Å²) in [7, 11) is 0. The fraction of sp³-hybridized carbons (Fsp3) is 0.174. The molecule has 0 aliphatic carbocycles. The molecule has 0 atom stereocenters. The minimum absolute atomic E-state index is 0.197. The lowest BCUT2D eigenvalue weighted by Crippen LogP contribution is -2.31. The Balaban J connectivity index is 1.57. The fourth-order valence-corrected chi connectivity index (χ4v) is 5.65. The van der Waals surface area contributed by atoms with Crippen molar-refractivity contribution in [3.8, 4) is 5.88 Å². The van der Waals surface area contributed by atoms with Crippen LogP contribution in [0, 0.1) is 0 Å². The van der Waals surface area contributed by atoms with Crippen molar-refractivity contribution in [2.45, 2.75) is 26.9 Å². The van der Waals surface area contributed by atoms with Crippen molar-refractivity contribution in [2.75, 3.05) is 0 Å². The molecule has 156 valence electrons. The Morgan fingerprint density at radius 1 is 1.10 bits per heavy atom. The van der Waals surface area contributed by atoms with Crippen LogP contribution in [0.2, 0.25) is 0 Å². The molecule has 0 aliphatic heterocycles. The molecule has 0 unspecified atom stereocenters. The van der Waals surface area contributed by atoms with E-state index in [1.807, 2.05) is 54.0 Å². The average Bonchev–Trinajstić information content (AvgIpc) is 3.44. The van der Waals surface area contributed by atoms with Gasteiger partial charge in [-0.3, -0.25) is 4.57 Å². The fourth-order valence-electron chi connectivity index (χ4n) is 3.50. The molecule has 6 nitrogen and oxygen atoms in total. The van der Waals surface area contributed by atoms with Gasteiger partial charge in [-0.1, -0.05) is 35.6 Å². The van der Waals surface area contributed by atoms with Gasteiger partial charge in [0.2, 0.25) is 5.89 Å². The van der Waals surface area contributed by atoms with Crippen molar-refractivity contribution in [1.29, 1.82) is 0 Å². The molecule has 2 aromatic carbocycles. The van der Waals surface area contributed by atoms with Gasteiger partial charge in [0.05, 0.1) is 16.8 Å². The first-order valence-electron chi connectivity index (χ1n) is 10.1. The Kier molecular flexibility index (Phi) is 5.17. The first kappa shape index (κ1) is 19.7. The smallest absolute Gasteiger partial charge is 0.389 e. The van der Waals surface area contributed by atoms with Crippen molar-refractivity contribution < 1.29 is 14.1 Å². The highest BCUT2D eigenvalue weighted by atomic mass is 32.1. The highest BCUT2D eigenvalue weighted by molar-refractivity contribution is 7.17. The number of hydrogen-bond acceptors (Lipinski definition) is 6. The Bertz CT molecular complexity index is 1450. The zero-order chi connectivity index (χ0) is 21.4. The molecule has 0 radical (unpaired) electrons. The molecule has 0 saturated heterocycles. The molecule has 0 amide bonds. The number of thiazole rings is 2. The highest BCUT2D eigenvalue weighted by Gasteiger charge is 2.22. The van der Waals surface area contributed by atoms with E-state index < -0.39 is 0 Å². The number of aromatic hydroxyl groups is 1. The second-order valence-electron chi connectivity index (χ2n) is 6.88. The van der Waals surface area contributed by atoms with E-state index in [0.717, 1.165) is 27.6 Å². The van der Waals surface area contributed by atoms with Crippen LogP contribution >= 0.6 is 22.7 Å². The minimum atomic E-state index is 0.197. The predicted octanol–water partition coefficient (Wildman–Crippen LogP) is 5.34. The van der Waals surface area contributed by atoms with Crippen LogP contribution in [-0.4, -0.2) is 14.7 Å². The summed E-state index contributed by atoms with van der Waals surface area (Å²) in [6, 6.07) is 16.0. The maximum Gasteiger partial charge on any atom is 0.389 e. The Morgan fingerprint density at radius 2 is 1.90 bits per heavy atom. The van der Waals surface area contributed by atoms with Gasteiger partial charge in [-0.25, -0.2) is 4.98 Å². The van der Waals surface area contributed by atoms with Gasteiger partial charge in [0.15, 0.2) is 5.58 Å². The standard InChI is InChI=1S/C23H20N4O2S2/c1-3-26-16-10-6-8-12-18(16)30-22(26)25-23-27(4-2)21(28)19(31-23)13-14-20-24-15-9-5-7-11-17(15)29-20/h5-14H,3-4H2,1-2H3/p+1. The third-order valence-electron chi connectivity index (χ3n) is 5.01. The Labute approximate surface area is 186 Å². The number of fused-ring (bicyclic) bond motifs is 2. The molecule has 0 spiro atoms. The number of nitrogens with zero attached hydrogens (tertiary/aromatic N) is 4. The van der Waals surface area contributed by atoms with E-state index in [0.29, 0.717) is 17.3 Å². The number of aryl methyl sites for hydroxylation is 1. The number of para-hydroxylation sites is 3. The van der Waals surface area contributed by atoms with Crippen LogP contribution in [0.25, 0.3) is 33.5 Å². The van der Waals surface area contributed by atoms with Crippen molar-refractivity contribution in [2.24, 2.45) is 4.99 Å². The van der Waals surface area contributed by atoms with E-state index in [1.165, 1.54) is 21.6 Å². The van der Waals surface area contributed by atoms with Gasteiger partial charge >= 0.3 is 15.8 Å². The van der Waals surface area contributed by atoms with E-state index in [9.17, 15) is 5.11 Å². The number of oxazole rings is 1. The van der Waals surface area contributed by atoms with E-state index in [4.69, 9.17) is 9.41 Å². The molecule has 31 heavy (non-hydrogen) atoms. The lowest BCUT2D eigenvalue weighted by molar-refractivity contribution is -0.682. The molecular weight excluding hydrogens is 428 g/mol. The van der Waals surface area contributed by atoms with Crippen LogP contribution in [0.4, 0.5) is 5.13 Å². The van der Waals surface area contributed by atoms with E-state index in [1.54, 1.807) is 17.4 Å². The van der Waals surface area contributed by atoms with Crippen LogP contribution in [-0.2, 0) is 13.1 Å². The van der Waals surface area contributed by atoms with Crippen molar-refractivity contribution in [1.82, 2.24) is 9.55 Å². The number of rotatable bonds is 5. The summed E-state index contributed by atoms with van der Waals surface area (Å²) < 4.78 is 11.0. The molecule has 0 fully saturated rings. The molecule has 0 bridgehead atoms. The lowest BCUT2D eigenvalue weighted by atomic mass is 10.3. The van der Waals surface area contributed by atoms with Crippen LogP contribution in [0.5, 0.6) is 5.88 Å². The quantitative estimate of drug-likeness (QED) is 0.368.